The number of nitrogens with one attached hydrogen (secondary N) is 1. The Hall–Kier alpha value is -2.92. The molecule has 3 aromatic rings. The molecule has 2 N–H and O–H groups in total. The van der Waals surface area contributed by atoms with Crippen molar-refractivity contribution < 1.29 is 14.7 Å². The number of piperidine rings is 1. The molecule has 1 fully saturated rings. The number of aromatic nitrogens is 1. The smallest absolute Gasteiger partial charge is 0.295 e. The van der Waals surface area contributed by atoms with Crippen LogP contribution >= 0.6 is 0 Å². The van der Waals surface area contributed by atoms with Gasteiger partial charge >= 0.3 is 0 Å². The van der Waals surface area contributed by atoms with Crippen LogP contribution in [0.3, 0.4) is 0 Å². The number of aryl methyl sites for hydroxylation is 1. The lowest BCUT2D eigenvalue weighted by molar-refractivity contribution is -0.135. The van der Waals surface area contributed by atoms with E-state index in [1.807, 2.05) is 62.4 Å². The third-order valence-electron chi connectivity index (χ3n) is 6.00. The first kappa shape index (κ1) is 18.4. The highest BCUT2D eigenvalue weighted by Gasteiger charge is 2.43. The van der Waals surface area contributed by atoms with Gasteiger partial charge in [-0.25, -0.2) is 0 Å². The predicted molar refractivity (Wildman–Crippen MR) is 108 cm³/mol. The summed E-state index contributed by atoms with van der Waals surface area (Å²) in [6.45, 7) is 4.61. The number of para-hydroxylation sites is 1. The first-order chi connectivity index (χ1) is 13.4. The van der Waals surface area contributed by atoms with E-state index >= 15 is 0 Å². The minimum Gasteiger partial charge on any atom is -0.385 e. The van der Waals surface area contributed by atoms with Crippen LogP contribution < -0.4 is 0 Å². The molecule has 0 bridgehead atoms. The molecule has 1 aliphatic heterocycles. The summed E-state index contributed by atoms with van der Waals surface area (Å²) >= 11 is 0. The van der Waals surface area contributed by atoms with Crippen LogP contribution in [0.5, 0.6) is 0 Å². The Labute approximate surface area is 164 Å². The maximum Gasteiger partial charge on any atom is 0.295 e. The maximum atomic E-state index is 12.9. The summed E-state index contributed by atoms with van der Waals surface area (Å²) in [6.07, 6.45) is 2.01. The van der Waals surface area contributed by atoms with Crippen molar-refractivity contribution in [3.8, 4) is 0 Å². The van der Waals surface area contributed by atoms with E-state index in [2.05, 4.69) is 4.98 Å². The number of hydrogen-bond acceptors (Lipinski definition) is 3. The van der Waals surface area contributed by atoms with Gasteiger partial charge in [0.1, 0.15) is 0 Å². The molecule has 5 nitrogen and oxygen atoms in total. The van der Waals surface area contributed by atoms with Gasteiger partial charge in [-0.15, -0.1) is 0 Å². The molecule has 0 saturated carbocycles. The van der Waals surface area contributed by atoms with Crippen LogP contribution in [0, 0.1) is 12.8 Å². The number of carbonyl (C=O) groups excluding carboxylic acids is 2. The van der Waals surface area contributed by atoms with Crippen molar-refractivity contribution in [2.45, 2.75) is 25.9 Å². The van der Waals surface area contributed by atoms with Crippen molar-refractivity contribution in [3.05, 3.63) is 71.4 Å². The van der Waals surface area contributed by atoms with Gasteiger partial charge in [-0.05, 0) is 30.5 Å². The highest BCUT2D eigenvalue weighted by atomic mass is 16.3. The Morgan fingerprint density at radius 2 is 1.86 bits per heavy atom. The largest absolute Gasteiger partial charge is 0.385 e. The minimum absolute atomic E-state index is 0.179. The van der Waals surface area contributed by atoms with Crippen molar-refractivity contribution in [3.63, 3.8) is 0 Å². The molecule has 144 valence electrons. The molecule has 0 radical (unpaired) electrons. The molecule has 1 aromatic heterocycles. The molecule has 2 heterocycles. The lowest BCUT2D eigenvalue weighted by Gasteiger charge is -2.44. The zero-order chi connectivity index (χ0) is 19.9. The van der Waals surface area contributed by atoms with Gasteiger partial charge in [0.2, 0.25) is 0 Å². The number of benzene rings is 2. The van der Waals surface area contributed by atoms with Gasteiger partial charge in [0.05, 0.1) is 11.2 Å². The van der Waals surface area contributed by atoms with Gasteiger partial charge < -0.3 is 15.0 Å². The molecule has 1 aliphatic rings. The number of nitrogens with zero attached hydrogens (tertiary/aromatic N) is 1. The second-order valence-corrected chi connectivity index (χ2v) is 7.72. The van der Waals surface area contributed by atoms with E-state index in [-0.39, 0.29) is 5.92 Å². The molecule has 5 heteroatoms. The molecule has 2 unspecified atom stereocenters. The summed E-state index contributed by atoms with van der Waals surface area (Å²) in [7, 11) is 0. The van der Waals surface area contributed by atoms with Crippen LogP contribution in [-0.2, 0) is 10.4 Å². The number of Topliss-reactive ketones (excluding diaryl/α,β-unsaturated/α-hetero) is 1. The summed E-state index contributed by atoms with van der Waals surface area (Å²) < 4.78 is 0. The second-order valence-electron chi connectivity index (χ2n) is 7.72. The lowest BCUT2D eigenvalue weighted by Crippen LogP contribution is -2.52. The Morgan fingerprint density at radius 1 is 1.14 bits per heavy atom. The summed E-state index contributed by atoms with van der Waals surface area (Å²) in [6, 6.07) is 15.2. The molecule has 1 saturated heterocycles. The van der Waals surface area contributed by atoms with Crippen molar-refractivity contribution in [1.29, 1.82) is 0 Å². The normalized spacial score (nSPS) is 22.4. The molecule has 2 aromatic carbocycles. The van der Waals surface area contributed by atoms with Crippen LogP contribution in [0.1, 0.15) is 34.8 Å². The van der Waals surface area contributed by atoms with Gasteiger partial charge in [-0.3, -0.25) is 9.59 Å². The summed E-state index contributed by atoms with van der Waals surface area (Å²) in [5.41, 5.74) is 2.17. The number of aromatic amines is 1. The quantitative estimate of drug-likeness (QED) is 0.543. The van der Waals surface area contributed by atoms with Gasteiger partial charge in [-0.2, -0.15) is 0 Å². The van der Waals surface area contributed by atoms with E-state index in [1.54, 1.807) is 11.1 Å². The third-order valence-corrected chi connectivity index (χ3v) is 6.00. The van der Waals surface area contributed by atoms with Crippen molar-refractivity contribution in [1.82, 2.24) is 9.88 Å². The van der Waals surface area contributed by atoms with Crippen molar-refractivity contribution >= 4 is 22.6 Å². The number of amides is 1. The molecular weight excluding hydrogens is 352 g/mol. The van der Waals surface area contributed by atoms with Crippen LogP contribution in [-0.4, -0.2) is 39.8 Å². The number of aliphatic hydroxyl groups is 1. The zero-order valence-corrected chi connectivity index (χ0v) is 16.1. The van der Waals surface area contributed by atoms with E-state index in [0.717, 1.165) is 22.0 Å². The summed E-state index contributed by atoms with van der Waals surface area (Å²) in [5, 5.41) is 12.1. The van der Waals surface area contributed by atoms with E-state index < -0.39 is 17.3 Å². The van der Waals surface area contributed by atoms with Gasteiger partial charge in [-0.1, -0.05) is 49.4 Å². The summed E-state index contributed by atoms with van der Waals surface area (Å²) in [5.74, 6) is -1.20. The molecule has 0 aliphatic carbocycles. The van der Waals surface area contributed by atoms with Gasteiger partial charge in [0, 0.05) is 36.1 Å². The number of rotatable bonds is 3. The fraction of sp³-hybridized carbons (Fsp3) is 0.304. The fourth-order valence-corrected chi connectivity index (χ4v) is 4.29. The topological polar surface area (TPSA) is 73.4 Å². The van der Waals surface area contributed by atoms with E-state index in [4.69, 9.17) is 0 Å². The standard InChI is InChI=1S/C23H24N2O3/c1-15-7-3-5-9-19(15)23(28)11-12-25(14-16(23)2)22(27)21(26)18-13-24-20-10-6-4-8-17(18)20/h3-10,13,16,24,28H,11-12,14H2,1-2H3. The average Bonchev–Trinajstić information content (AvgIpc) is 3.13. The van der Waals surface area contributed by atoms with Crippen molar-refractivity contribution in [2.75, 3.05) is 13.1 Å². The number of carbonyl (C=O) groups is 2. The number of ketones is 1. The molecule has 0 spiro atoms. The lowest BCUT2D eigenvalue weighted by atomic mass is 9.75. The zero-order valence-electron chi connectivity index (χ0n) is 16.1. The molecule has 1 amide bonds. The second kappa shape index (κ2) is 6.91. The van der Waals surface area contributed by atoms with E-state index in [9.17, 15) is 14.7 Å². The SMILES string of the molecule is Cc1ccccc1C1(O)CCN(C(=O)C(=O)c2c[nH]c3ccccc23)CC1C. The first-order valence-corrected chi connectivity index (χ1v) is 9.60. The predicted octanol–water partition coefficient (Wildman–Crippen LogP) is 3.42. The van der Waals surface area contributed by atoms with E-state index in [1.165, 1.54) is 0 Å². The van der Waals surface area contributed by atoms with Crippen LogP contribution in [0.15, 0.2) is 54.7 Å². The number of hydrogen-bond donors (Lipinski definition) is 2. The van der Waals surface area contributed by atoms with Crippen LogP contribution in [0.2, 0.25) is 0 Å². The monoisotopic (exact) mass is 376 g/mol. The number of fused-ring (bicyclic) bond motifs is 1. The highest BCUT2D eigenvalue weighted by molar-refractivity contribution is 6.44. The molecular formula is C23H24N2O3. The summed E-state index contributed by atoms with van der Waals surface area (Å²) in [4.78, 5) is 30.3. The minimum atomic E-state index is -0.994. The fourth-order valence-electron chi connectivity index (χ4n) is 4.29. The Kier molecular flexibility index (Phi) is 4.55. The molecule has 28 heavy (non-hydrogen) atoms. The first-order valence-electron chi connectivity index (χ1n) is 9.60. The van der Waals surface area contributed by atoms with Gasteiger partial charge in [0.25, 0.3) is 11.7 Å². The Bertz CT molecular complexity index is 1050. The number of H-pyrrole nitrogens is 1. The van der Waals surface area contributed by atoms with Crippen LogP contribution in [0.4, 0.5) is 0 Å². The van der Waals surface area contributed by atoms with E-state index in [0.29, 0.717) is 25.1 Å². The molecule has 4 rings (SSSR count). The third kappa shape index (κ3) is 2.92. The maximum absolute atomic E-state index is 12.9. The average molecular weight is 376 g/mol. The number of likely N-dealkylation sites (tertiary alicyclic amines) is 1. The highest BCUT2D eigenvalue weighted by Crippen LogP contribution is 2.38. The van der Waals surface area contributed by atoms with Gasteiger partial charge in [0.15, 0.2) is 0 Å². The Morgan fingerprint density at radius 3 is 2.61 bits per heavy atom. The van der Waals surface area contributed by atoms with Crippen LogP contribution in [0.25, 0.3) is 10.9 Å². The molecule has 2 atom stereocenters. The van der Waals surface area contributed by atoms with Crippen molar-refractivity contribution in [2.24, 2.45) is 5.92 Å². The Balaban J connectivity index is 1.55.